The summed E-state index contributed by atoms with van der Waals surface area (Å²) in [6, 6.07) is 15.1. The summed E-state index contributed by atoms with van der Waals surface area (Å²) < 4.78 is 20.1. The second-order valence-corrected chi connectivity index (χ2v) is 7.35. The van der Waals surface area contributed by atoms with Crippen molar-refractivity contribution in [1.29, 1.82) is 0 Å². The summed E-state index contributed by atoms with van der Waals surface area (Å²) in [7, 11) is 0. The Hall–Kier alpha value is -2.91. The van der Waals surface area contributed by atoms with Gasteiger partial charge in [-0.15, -0.1) is 0 Å². The van der Waals surface area contributed by atoms with Crippen LogP contribution in [0.3, 0.4) is 0 Å². The number of nitrogens with zero attached hydrogens (tertiary/aromatic N) is 1. The number of rotatable bonds is 1. The van der Waals surface area contributed by atoms with Crippen LogP contribution in [0.5, 0.6) is 0 Å². The monoisotopic (exact) mass is 375 g/mol. The first-order valence-electron chi connectivity index (χ1n) is 8.69. The van der Waals surface area contributed by atoms with Gasteiger partial charge >= 0.3 is 0 Å². The molecular formula is C23H15ClFNO. The average Bonchev–Trinajstić information content (AvgIpc) is 2.98. The first kappa shape index (κ1) is 16.3. The Morgan fingerprint density at radius 1 is 0.926 bits per heavy atom. The SMILES string of the molecule is Cc1cc(-c2nccc3cc(Cl)ccc23)c2oc3cc(F)c(C)cc3c2c1. The molecular weight excluding hydrogens is 361 g/mol. The van der Waals surface area contributed by atoms with E-state index in [1.165, 1.54) is 6.07 Å². The van der Waals surface area contributed by atoms with Crippen LogP contribution < -0.4 is 0 Å². The molecule has 0 radical (unpaired) electrons. The van der Waals surface area contributed by atoms with Gasteiger partial charge in [0.05, 0.1) is 5.69 Å². The van der Waals surface area contributed by atoms with E-state index in [2.05, 4.69) is 17.1 Å². The van der Waals surface area contributed by atoms with Crippen molar-refractivity contribution in [1.82, 2.24) is 4.98 Å². The molecule has 0 aliphatic heterocycles. The largest absolute Gasteiger partial charge is 0.455 e. The van der Waals surface area contributed by atoms with Crippen molar-refractivity contribution in [2.75, 3.05) is 0 Å². The topological polar surface area (TPSA) is 26.0 Å². The molecule has 0 atom stereocenters. The third kappa shape index (κ3) is 2.50. The van der Waals surface area contributed by atoms with Gasteiger partial charge < -0.3 is 4.42 Å². The fourth-order valence-corrected chi connectivity index (χ4v) is 3.87. The normalized spacial score (nSPS) is 11.7. The van der Waals surface area contributed by atoms with Crippen LogP contribution in [0, 0.1) is 19.7 Å². The number of halogens is 2. The van der Waals surface area contributed by atoms with E-state index in [-0.39, 0.29) is 5.82 Å². The Labute approximate surface area is 160 Å². The highest BCUT2D eigenvalue weighted by atomic mass is 35.5. The van der Waals surface area contributed by atoms with Gasteiger partial charge in [-0.1, -0.05) is 17.7 Å². The van der Waals surface area contributed by atoms with E-state index < -0.39 is 0 Å². The highest BCUT2D eigenvalue weighted by Gasteiger charge is 2.17. The molecule has 0 amide bonds. The predicted molar refractivity (Wildman–Crippen MR) is 109 cm³/mol. The molecule has 2 nitrogen and oxygen atoms in total. The Kier molecular flexibility index (Phi) is 3.49. The van der Waals surface area contributed by atoms with Crippen molar-refractivity contribution in [2.45, 2.75) is 13.8 Å². The van der Waals surface area contributed by atoms with Crippen molar-refractivity contribution in [3.8, 4) is 11.3 Å². The Balaban J connectivity index is 1.92. The van der Waals surface area contributed by atoms with Gasteiger partial charge in [0.15, 0.2) is 0 Å². The highest BCUT2D eigenvalue weighted by Crippen LogP contribution is 2.39. The lowest BCUT2D eigenvalue weighted by Gasteiger charge is -2.08. The summed E-state index contributed by atoms with van der Waals surface area (Å²) in [6.07, 6.45) is 1.77. The fraction of sp³-hybridized carbons (Fsp3) is 0.0870. The van der Waals surface area contributed by atoms with E-state index in [0.29, 0.717) is 16.2 Å². The number of fused-ring (bicyclic) bond motifs is 4. The van der Waals surface area contributed by atoms with Crippen LogP contribution in [0.25, 0.3) is 44.0 Å². The third-order valence-corrected chi connectivity index (χ3v) is 5.21. The van der Waals surface area contributed by atoms with Crippen LogP contribution in [0.15, 0.2) is 59.1 Å². The Bertz CT molecular complexity index is 1370. The summed E-state index contributed by atoms with van der Waals surface area (Å²) in [5.74, 6) is -0.266. The molecule has 0 saturated heterocycles. The lowest BCUT2D eigenvalue weighted by molar-refractivity contribution is 0.610. The molecule has 0 saturated carbocycles. The number of aromatic nitrogens is 1. The van der Waals surface area contributed by atoms with E-state index >= 15 is 0 Å². The van der Waals surface area contributed by atoms with Crippen LogP contribution in [-0.4, -0.2) is 4.98 Å². The second-order valence-electron chi connectivity index (χ2n) is 6.91. The van der Waals surface area contributed by atoms with E-state index in [0.717, 1.165) is 43.9 Å². The molecule has 5 aromatic rings. The Morgan fingerprint density at radius 3 is 2.63 bits per heavy atom. The summed E-state index contributed by atoms with van der Waals surface area (Å²) in [6.45, 7) is 3.81. The molecule has 5 rings (SSSR count). The molecule has 132 valence electrons. The number of benzene rings is 3. The lowest BCUT2D eigenvalue weighted by atomic mass is 9.99. The zero-order valence-electron chi connectivity index (χ0n) is 14.8. The number of hydrogen-bond donors (Lipinski definition) is 0. The van der Waals surface area contributed by atoms with E-state index in [1.807, 2.05) is 37.3 Å². The third-order valence-electron chi connectivity index (χ3n) is 4.98. The minimum absolute atomic E-state index is 0.266. The van der Waals surface area contributed by atoms with Gasteiger partial charge in [0, 0.05) is 39.0 Å². The molecule has 2 heterocycles. The number of aryl methyl sites for hydroxylation is 2. The Morgan fingerprint density at radius 2 is 1.78 bits per heavy atom. The van der Waals surface area contributed by atoms with Gasteiger partial charge in [-0.3, -0.25) is 4.98 Å². The van der Waals surface area contributed by atoms with Crippen molar-refractivity contribution in [3.63, 3.8) is 0 Å². The van der Waals surface area contributed by atoms with Gasteiger partial charge in [0.2, 0.25) is 0 Å². The molecule has 0 N–H and O–H groups in total. The van der Waals surface area contributed by atoms with Crippen LogP contribution in [0.1, 0.15) is 11.1 Å². The van der Waals surface area contributed by atoms with Gasteiger partial charge in [0.1, 0.15) is 17.0 Å². The first-order chi connectivity index (χ1) is 13.0. The number of furan rings is 1. The van der Waals surface area contributed by atoms with Crippen molar-refractivity contribution in [3.05, 3.63) is 76.7 Å². The second kappa shape index (κ2) is 5.80. The van der Waals surface area contributed by atoms with E-state index in [1.54, 1.807) is 13.1 Å². The fourth-order valence-electron chi connectivity index (χ4n) is 3.69. The summed E-state index contributed by atoms with van der Waals surface area (Å²) >= 11 is 6.15. The van der Waals surface area contributed by atoms with Crippen LogP contribution in [-0.2, 0) is 0 Å². The molecule has 3 aromatic carbocycles. The number of hydrogen-bond acceptors (Lipinski definition) is 2. The van der Waals surface area contributed by atoms with Crippen LogP contribution in [0.4, 0.5) is 4.39 Å². The van der Waals surface area contributed by atoms with Crippen LogP contribution >= 0.6 is 11.6 Å². The maximum Gasteiger partial charge on any atom is 0.144 e. The average molecular weight is 376 g/mol. The zero-order valence-corrected chi connectivity index (χ0v) is 15.6. The van der Waals surface area contributed by atoms with E-state index in [4.69, 9.17) is 16.0 Å². The predicted octanol–water partition coefficient (Wildman–Crippen LogP) is 7.21. The number of pyridine rings is 1. The molecule has 2 aromatic heterocycles. The van der Waals surface area contributed by atoms with E-state index in [9.17, 15) is 4.39 Å². The molecule has 0 fully saturated rings. The van der Waals surface area contributed by atoms with Gasteiger partial charge in [-0.2, -0.15) is 0 Å². The zero-order chi connectivity index (χ0) is 18.7. The van der Waals surface area contributed by atoms with Gasteiger partial charge in [0.25, 0.3) is 0 Å². The smallest absolute Gasteiger partial charge is 0.144 e. The quantitative estimate of drug-likeness (QED) is 0.309. The van der Waals surface area contributed by atoms with Crippen molar-refractivity contribution < 1.29 is 8.81 Å². The molecule has 0 spiro atoms. The summed E-state index contributed by atoms with van der Waals surface area (Å²) in [5.41, 5.74) is 4.68. The van der Waals surface area contributed by atoms with Crippen LogP contribution in [0.2, 0.25) is 5.02 Å². The van der Waals surface area contributed by atoms with Gasteiger partial charge in [-0.05, 0) is 66.8 Å². The first-order valence-corrected chi connectivity index (χ1v) is 9.07. The summed E-state index contributed by atoms with van der Waals surface area (Å²) in [5, 5.41) is 4.58. The molecule has 4 heteroatoms. The van der Waals surface area contributed by atoms with Gasteiger partial charge in [-0.25, -0.2) is 4.39 Å². The molecule has 0 unspecified atom stereocenters. The molecule has 0 bridgehead atoms. The lowest BCUT2D eigenvalue weighted by Crippen LogP contribution is -1.88. The highest BCUT2D eigenvalue weighted by molar-refractivity contribution is 6.31. The molecule has 0 aliphatic rings. The minimum Gasteiger partial charge on any atom is -0.455 e. The minimum atomic E-state index is -0.266. The van der Waals surface area contributed by atoms with Crippen molar-refractivity contribution in [2.24, 2.45) is 0 Å². The maximum absolute atomic E-state index is 14.0. The standard InChI is InChI=1S/C23H15ClFNO/c1-12-7-18-17-9-13(2)20(25)11-21(17)27-23(18)19(8-12)22-16-4-3-15(24)10-14(16)5-6-26-22/h3-11H,1-2H3. The molecule has 27 heavy (non-hydrogen) atoms. The summed E-state index contributed by atoms with van der Waals surface area (Å²) in [4.78, 5) is 4.63. The van der Waals surface area contributed by atoms with Crippen molar-refractivity contribution >= 4 is 44.3 Å². The maximum atomic E-state index is 14.0. The molecule has 0 aliphatic carbocycles.